The van der Waals surface area contributed by atoms with E-state index < -0.39 is 0 Å². The number of hydrogen-bond acceptors (Lipinski definition) is 4. The Morgan fingerprint density at radius 3 is 2.93 bits per heavy atom. The SMILES string of the molecule is CC(N)Cc1noc(C2CCCC2C)n1. The molecule has 1 aliphatic rings. The fourth-order valence-corrected chi connectivity index (χ4v) is 2.30. The van der Waals surface area contributed by atoms with Crippen LogP contribution in [0.1, 0.15) is 50.7 Å². The molecule has 0 saturated heterocycles. The van der Waals surface area contributed by atoms with Crippen molar-refractivity contribution >= 4 is 0 Å². The largest absolute Gasteiger partial charge is 0.339 e. The van der Waals surface area contributed by atoms with Crippen LogP contribution in [0, 0.1) is 5.92 Å². The molecule has 0 aromatic carbocycles. The minimum Gasteiger partial charge on any atom is -0.339 e. The highest BCUT2D eigenvalue weighted by molar-refractivity contribution is 4.99. The average molecular weight is 209 g/mol. The molecule has 1 aliphatic carbocycles. The summed E-state index contributed by atoms with van der Waals surface area (Å²) in [6.45, 7) is 4.21. The third-order valence-corrected chi connectivity index (χ3v) is 3.17. The zero-order chi connectivity index (χ0) is 10.8. The van der Waals surface area contributed by atoms with Gasteiger partial charge in [0.25, 0.3) is 0 Å². The summed E-state index contributed by atoms with van der Waals surface area (Å²) in [7, 11) is 0. The maximum absolute atomic E-state index is 5.69. The second-order valence-electron chi connectivity index (χ2n) is 4.74. The van der Waals surface area contributed by atoms with Crippen LogP contribution in [-0.4, -0.2) is 16.2 Å². The van der Waals surface area contributed by atoms with Crippen LogP contribution < -0.4 is 5.73 Å². The van der Waals surface area contributed by atoms with Gasteiger partial charge in [0, 0.05) is 18.4 Å². The highest BCUT2D eigenvalue weighted by Gasteiger charge is 2.29. The van der Waals surface area contributed by atoms with Crippen molar-refractivity contribution < 1.29 is 4.52 Å². The van der Waals surface area contributed by atoms with Crippen molar-refractivity contribution in [2.45, 2.75) is 51.5 Å². The molecule has 15 heavy (non-hydrogen) atoms. The summed E-state index contributed by atoms with van der Waals surface area (Å²) < 4.78 is 5.30. The summed E-state index contributed by atoms with van der Waals surface area (Å²) in [5.74, 6) is 2.71. The zero-order valence-corrected chi connectivity index (χ0v) is 9.44. The van der Waals surface area contributed by atoms with Crippen molar-refractivity contribution in [3.63, 3.8) is 0 Å². The molecule has 2 rings (SSSR count). The van der Waals surface area contributed by atoms with Crippen LogP contribution in [-0.2, 0) is 6.42 Å². The van der Waals surface area contributed by atoms with Gasteiger partial charge in [-0.1, -0.05) is 18.5 Å². The minimum atomic E-state index is 0.0939. The van der Waals surface area contributed by atoms with E-state index in [0.29, 0.717) is 18.3 Å². The molecule has 1 heterocycles. The molecular formula is C11H19N3O. The fraction of sp³-hybridized carbons (Fsp3) is 0.818. The van der Waals surface area contributed by atoms with Crippen molar-refractivity contribution in [1.29, 1.82) is 0 Å². The lowest BCUT2D eigenvalue weighted by atomic mass is 9.98. The average Bonchev–Trinajstić information content (AvgIpc) is 2.72. The lowest BCUT2D eigenvalue weighted by Crippen LogP contribution is -2.18. The molecule has 1 fully saturated rings. The summed E-state index contributed by atoms with van der Waals surface area (Å²) in [5, 5.41) is 3.97. The molecule has 1 aromatic heterocycles. The summed E-state index contributed by atoms with van der Waals surface area (Å²) in [6.07, 6.45) is 4.43. The smallest absolute Gasteiger partial charge is 0.230 e. The molecule has 4 heteroatoms. The van der Waals surface area contributed by atoms with Crippen LogP contribution in [0.4, 0.5) is 0 Å². The summed E-state index contributed by atoms with van der Waals surface area (Å²) in [6, 6.07) is 0.0939. The van der Waals surface area contributed by atoms with E-state index in [-0.39, 0.29) is 6.04 Å². The molecule has 0 bridgehead atoms. The van der Waals surface area contributed by atoms with Crippen LogP contribution in [0.5, 0.6) is 0 Å². The molecule has 3 atom stereocenters. The number of rotatable bonds is 3. The third-order valence-electron chi connectivity index (χ3n) is 3.17. The van der Waals surface area contributed by atoms with Gasteiger partial charge in [0.1, 0.15) is 0 Å². The second kappa shape index (κ2) is 4.31. The normalized spacial score (nSPS) is 28.2. The van der Waals surface area contributed by atoms with Gasteiger partial charge in [0.05, 0.1) is 0 Å². The maximum atomic E-state index is 5.69. The van der Waals surface area contributed by atoms with Crippen LogP contribution in [0.25, 0.3) is 0 Å². The number of aromatic nitrogens is 2. The van der Waals surface area contributed by atoms with Crippen molar-refractivity contribution in [3.05, 3.63) is 11.7 Å². The van der Waals surface area contributed by atoms with Gasteiger partial charge in [-0.3, -0.25) is 0 Å². The Bertz CT molecular complexity index is 321. The topological polar surface area (TPSA) is 64.9 Å². The molecule has 0 radical (unpaired) electrons. The van der Waals surface area contributed by atoms with E-state index in [4.69, 9.17) is 10.3 Å². The molecule has 0 amide bonds. The fourth-order valence-electron chi connectivity index (χ4n) is 2.30. The molecule has 84 valence electrons. The van der Waals surface area contributed by atoms with E-state index >= 15 is 0 Å². The Morgan fingerprint density at radius 2 is 2.33 bits per heavy atom. The molecule has 3 unspecified atom stereocenters. The Balaban J connectivity index is 2.06. The highest BCUT2D eigenvalue weighted by Crippen LogP contribution is 2.38. The summed E-state index contributed by atoms with van der Waals surface area (Å²) in [4.78, 5) is 4.43. The van der Waals surface area contributed by atoms with E-state index in [0.717, 1.165) is 11.7 Å². The van der Waals surface area contributed by atoms with Crippen LogP contribution in [0.2, 0.25) is 0 Å². The summed E-state index contributed by atoms with van der Waals surface area (Å²) >= 11 is 0. The number of nitrogens with zero attached hydrogens (tertiary/aromatic N) is 2. The molecular weight excluding hydrogens is 190 g/mol. The second-order valence-corrected chi connectivity index (χ2v) is 4.74. The van der Waals surface area contributed by atoms with Gasteiger partial charge < -0.3 is 10.3 Å². The van der Waals surface area contributed by atoms with E-state index in [9.17, 15) is 0 Å². The zero-order valence-electron chi connectivity index (χ0n) is 9.44. The Labute approximate surface area is 90.2 Å². The number of nitrogens with two attached hydrogens (primary N) is 1. The van der Waals surface area contributed by atoms with E-state index in [1.54, 1.807) is 0 Å². The van der Waals surface area contributed by atoms with Crippen molar-refractivity contribution in [1.82, 2.24) is 10.1 Å². The summed E-state index contributed by atoms with van der Waals surface area (Å²) in [5.41, 5.74) is 5.69. The highest BCUT2D eigenvalue weighted by atomic mass is 16.5. The van der Waals surface area contributed by atoms with Crippen LogP contribution >= 0.6 is 0 Å². The first-order valence-corrected chi connectivity index (χ1v) is 5.75. The molecule has 4 nitrogen and oxygen atoms in total. The Kier molecular flexibility index (Phi) is 3.05. The van der Waals surface area contributed by atoms with Gasteiger partial charge in [-0.05, 0) is 25.7 Å². The predicted octanol–water partition coefficient (Wildman–Crippen LogP) is 1.86. The van der Waals surface area contributed by atoms with Gasteiger partial charge in [-0.2, -0.15) is 4.98 Å². The lowest BCUT2D eigenvalue weighted by Gasteiger charge is -2.08. The predicted molar refractivity (Wildman–Crippen MR) is 57.4 cm³/mol. The molecule has 0 spiro atoms. The first kappa shape index (κ1) is 10.6. The third kappa shape index (κ3) is 2.37. The molecule has 2 N–H and O–H groups in total. The first-order chi connectivity index (χ1) is 7.16. The van der Waals surface area contributed by atoms with Crippen molar-refractivity contribution in [2.75, 3.05) is 0 Å². The van der Waals surface area contributed by atoms with Gasteiger partial charge in [-0.15, -0.1) is 0 Å². The Hall–Kier alpha value is -0.900. The minimum absolute atomic E-state index is 0.0939. The quantitative estimate of drug-likeness (QED) is 0.825. The van der Waals surface area contributed by atoms with Gasteiger partial charge >= 0.3 is 0 Å². The van der Waals surface area contributed by atoms with Gasteiger partial charge in [0.2, 0.25) is 5.89 Å². The lowest BCUT2D eigenvalue weighted by molar-refractivity contribution is 0.328. The van der Waals surface area contributed by atoms with Crippen molar-refractivity contribution in [3.8, 4) is 0 Å². The maximum Gasteiger partial charge on any atom is 0.230 e. The molecule has 0 aliphatic heterocycles. The van der Waals surface area contributed by atoms with Gasteiger partial charge in [0.15, 0.2) is 5.82 Å². The Morgan fingerprint density at radius 1 is 1.53 bits per heavy atom. The van der Waals surface area contributed by atoms with E-state index in [2.05, 4.69) is 17.1 Å². The standard InChI is InChI=1S/C11H19N3O/c1-7-4-3-5-9(7)11-13-10(14-15-11)6-8(2)12/h7-9H,3-6,12H2,1-2H3. The van der Waals surface area contributed by atoms with E-state index in [1.165, 1.54) is 19.3 Å². The number of hydrogen-bond donors (Lipinski definition) is 1. The molecule has 1 aromatic rings. The van der Waals surface area contributed by atoms with Crippen molar-refractivity contribution in [2.24, 2.45) is 11.7 Å². The monoisotopic (exact) mass is 209 g/mol. The van der Waals surface area contributed by atoms with Gasteiger partial charge in [-0.25, -0.2) is 0 Å². The first-order valence-electron chi connectivity index (χ1n) is 5.75. The molecule has 1 saturated carbocycles. The van der Waals surface area contributed by atoms with E-state index in [1.807, 2.05) is 6.92 Å². The van der Waals surface area contributed by atoms with Crippen LogP contribution in [0.15, 0.2) is 4.52 Å². The van der Waals surface area contributed by atoms with Crippen LogP contribution in [0.3, 0.4) is 0 Å².